The maximum Gasteiger partial charge on any atom is 0.248 e. The number of ether oxygens (including phenoxy) is 1. The van der Waals surface area contributed by atoms with E-state index in [1.54, 1.807) is 23.4 Å². The molecular weight excluding hydrogens is 332 g/mol. The van der Waals surface area contributed by atoms with Crippen molar-refractivity contribution in [3.63, 3.8) is 0 Å². The summed E-state index contributed by atoms with van der Waals surface area (Å²) in [5, 5.41) is 9.11. The van der Waals surface area contributed by atoms with Gasteiger partial charge in [-0.3, -0.25) is 4.79 Å². The SMILES string of the molecule is O=C(CO)N1CCC2(CC1)OCCN(c1ncccn1)c1ccccc12. The summed E-state index contributed by atoms with van der Waals surface area (Å²) in [7, 11) is 0. The number of benzene rings is 1. The molecule has 0 atom stereocenters. The summed E-state index contributed by atoms with van der Waals surface area (Å²) >= 11 is 0. The molecule has 1 amide bonds. The van der Waals surface area contributed by atoms with E-state index >= 15 is 0 Å². The fraction of sp³-hybridized carbons (Fsp3) is 0.421. The number of nitrogens with zero attached hydrogens (tertiary/aromatic N) is 4. The second-order valence-electron chi connectivity index (χ2n) is 6.60. The maximum atomic E-state index is 11.8. The van der Waals surface area contributed by atoms with Crippen LogP contribution in [0.25, 0.3) is 0 Å². The molecule has 0 radical (unpaired) electrons. The Kier molecular flexibility index (Phi) is 4.57. The van der Waals surface area contributed by atoms with Crippen molar-refractivity contribution in [2.45, 2.75) is 18.4 Å². The summed E-state index contributed by atoms with van der Waals surface area (Å²) in [5.74, 6) is 0.439. The summed E-state index contributed by atoms with van der Waals surface area (Å²) in [6, 6.07) is 10.0. The summed E-state index contributed by atoms with van der Waals surface area (Å²) in [5.41, 5.74) is 1.74. The van der Waals surface area contributed by atoms with Crippen LogP contribution >= 0.6 is 0 Å². The smallest absolute Gasteiger partial charge is 0.248 e. The van der Waals surface area contributed by atoms with Crippen LogP contribution in [-0.2, 0) is 15.1 Å². The lowest BCUT2D eigenvalue weighted by Crippen LogP contribution is -2.47. The Hall–Kier alpha value is -2.51. The molecule has 0 bridgehead atoms. The van der Waals surface area contributed by atoms with Crippen molar-refractivity contribution in [2.24, 2.45) is 0 Å². The molecule has 136 valence electrons. The predicted molar refractivity (Wildman–Crippen MR) is 96.0 cm³/mol. The van der Waals surface area contributed by atoms with Crippen molar-refractivity contribution in [1.82, 2.24) is 14.9 Å². The van der Waals surface area contributed by atoms with E-state index < -0.39 is 12.2 Å². The number of hydrogen-bond donors (Lipinski definition) is 1. The quantitative estimate of drug-likeness (QED) is 0.880. The van der Waals surface area contributed by atoms with E-state index in [0.29, 0.717) is 45.0 Å². The van der Waals surface area contributed by atoms with Gasteiger partial charge >= 0.3 is 0 Å². The largest absolute Gasteiger partial charge is 0.387 e. The van der Waals surface area contributed by atoms with Crippen molar-refractivity contribution >= 4 is 17.5 Å². The molecule has 1 aromatic heterocycles. The predicted octanol–water partition coefficient (Wildman–Crippen LogP) is 1.45. The molecule has 1 fully saturated rings. The van der Waals surface area contributed by atoms with E-state index in [4.69, 9.17) is 9.84 Å². The number of rotatable bonds is 2. The van der Waals surface area contributed by atoms with E-state index in [9.17, 15) is 4.79 Å². The van der Waals surface area contributed by atoms with Gasteiger partial charge in [0.2, 0.25) is 11.9 Å². The van der Waals surface area contributed by atoms with Crippen molar-refractivity contribution in [1.29, 1.82) is 0 Å². The third-order valence-corrected chi connectivity index (χ3v) is 5.23. The van der Waals surface area contributed by atoms with Gasteiger partial charge in [-0.05, 0) is 25.0 Å². The van der Waals surface area contributed by atoms with E-state index in [2.05, 4.69) is 27.0 Å². The Morgan fingerprint density at radius 3 is 2.58 bits per heavy atom. The van der Waals surface area contributed by atoms with Crippen LogP contribution < -0.4 is 4.90 Å². The highest BCUT2D eigenvalue weighted by Crippen LogP contribution is 2.44. The molecule has 26 heavy (non-hydrogen) atoms. The van der Waals surface area contributed by atoms with E-state index in [1.165, 1.54) is 0 Å². The first kappa shape index (κ1) is 16.9. The molecule has 1 aromatic carbocycles. The minimum Gasteiger partial charge on any atom is -0.387 e. The van der Waals surface area contributed by atoms with Gasteiger partial charge in [-0.25, -0.2) is 9.97 Å². The molecule has 1 spiro atoms. The Morgan fingerprint density at radius 1 is 1.12 bits per heavy atom. The molecule has 7 nitrogen and oxygen atoms in total. The lowest BCUT2D eigenvalue weighted by Gasteiger charge is -2.41. The molecule has 3 heterocycles. The van der Waals surface area contributed by atoms with Crippen LogP contribution in [0.2, 0.25) is 0 Å². The van der Waals surface area contributed by atoms with E-state index in [-0.39, 0.29) is 5.91 Å². The third-order valence-electron chi connectivity index (χ3n) is 5.23. The number of hydrogen-bond acceptors (Lipinski definition) is 6. The number of piperidine rings is 1. The van der Waals surface area contributed by atoms with Gasteiger partial charge in [-0.15, -0.1) is 0 Å². The summed E-state index contributed by atoms with van der Waals surface area (Å²) < 4.78 is 6.37. The van der Waals surface area contributed by atoms with Crippen LogP contribution in [0.4, 0.5) is 11.6 Å². The van der Waals surface area contributed by atoms with Crippen LogP contribution in [0.5, 0.6) is 0 Å². The molecule has 7 heteroatoms. The standard InChI is InChI=1S/C19H22N4O3/c24-14-17(25)22-10-6-19(7-11-22)15-4-1-2-5-16(15)23(12-13-26-19)18-20-8-3-9-21-18/h1-5,8-9,24H,6-7,10-14H2. The number of aliphatic hydroxyl groups is 1. The van der Waals surface area contributed by atoms with Crippen LogP contribution in [0.1, 0.15) is 18.4 Å². The van der Waals surface area contributed by atoms with Gasteiger partial charge in [0.05, 0.1) is 17.9 Å². The highest BCUT2D eigenvalue weighted by molar-refractivity contribution is 5.77. The monoisotopic (exact) mass is 354 g/mol. The summed E-state index contributed by atoms with van der Waals surface area (Å²) in [4.78, 5) is 24.4. The maximum absolute atomic E-state index is 11.8. The Morgan fingerprint density at radius 2 is 1.85 bits per heavy atom. The number of aliphatic hydroxyl groups excluding tert-OH is 1. The highest BCUT2D eigenvalue weighted by atomic mass is 16.5. The molecule has 0 unspecified atom stereocenters. The lowest BCUT2D eigenvalue weighted by atomic mass is 9.83. The summed E-state index contributed by atoms with van der Waals surface area (Å²) in [6.07, 6.45) is 4.90. The molecular formula is C19H22N4O3. The number of carbonyl (C=O) groups is 1. The van der Waals surface area contributed by atoms with Gasteiger partial charge in [0, 0.05) is 37.6 Å². The number of para-hydroxylation sites is 1. The number of amides is 1. The van der Waals surface area contributed by atoms with E-state index in [1.807, 2.05) is 12.1 Å². The van der Waals surface area contributed by atoms with Crippen molar-refractivity contribution in [2.75, 3.05) is 37.7 Å². The van der Waals surface area contributed by atoms with Gasteiger partial charge in [0.1, 0.15) is 6.61 Å². The molecule has 4 rings (SSSR count). The average Bonchev–Trinajstić information content (AvgIpc) is 2.86. The minimum absolute atomic E-state index is 0.221. The second-order valence-corrected chi connectivity index (χ2v) is 6.60. The first-order valence-electron chi connectivity index (χ1n) is 8.90. The zero-order chi connectivity index (χ0) is 18.0. The number of likely N-dealkylation sites (tertiary alicyclic amines) is 1. The highest BCUT2D eigenvalue weighted by Gasteiger charge is 2.42. The molecule has 0 saturated carbocycles. The van der Waals surface area contributed by atoms with Gasteiger partial charge in [-0.2, -0.15) is 0 Å². The Labute approximate surface area is 152 Å². The normalized spacial score (nSPS) is 19.1. The first-order chi connectivity index (χ1) is 12.7. The fourth-order valence-corrected chi connectivity index (χ4v) is 3.89. The van der Waals surface area contributed by atoms with Crippen LogP contribution in [0.15, 0.2) is 42.7 Å². The average molecular weight is 354 g/mol. The molecule has 2 aromatic rings. The van der Waals surface area contributed by atoms with Crippen LogP contribution in [-0.4, -0.2) is 58.7 Å². The zero-order valence-electron chi connectivity index (χ0n) is 14.5. The topological polar surface area (TPSA) is 78.8 Å². The van der Waals surface area contributed by atoms with E-state index in [0.717, 1.165) is 11.3 Å². The van der Waals surface area contributed by atoms with Crippen molar-refractivity contribution in [3.8, 4) is 0 Å². The molecule has 2 aliphatic heterocycles. The van der Waals surface area contributed by atoms with Gasteiger partial charge < -0.3 is 19.6 Å². The molecule has 1 saturated heterocycles. The third kappa shape index (κ3) is 2.93. The molecule has 0 aliphatic carbocycles. The zero-order valence-corrected chi connectivity index (χ0v) is 14.5. The summed E-state index contributed by atoms with van der Waals surface area (Å²) in [6.45, 7) is 1.94. The van der Waals surface area contributed by atoms with Crippen LogP contribution in [0, 0.1) is 0 Å². The fourth-order valence-electron chi connectivity index (χ4n) is 3.89. The number of carbonyl (C=O) groups excluding carboxylic acids is 1. The number of aromatic nitrogens is 2. The second kappa shape index (κ2) is 7.01. The minimum atomic E-state index is -0.441. The number of fused-ring (bicyclic) bond motifs is 2. The van der Waals surface area contributed by atoms with Gasteiger partial charge in [-0.1, -0.05) is 18.2 Å². The first-order valence-corrected chi connectivity index (χ1v) is 8.90. The number of anilines is 2. The Balaban J connectivity index is 1.68. The van der Waals surface area contributed by atoms with Gasteiger partial charge in [0.15, 0.2) is 0 Å². The van der Waals surface area contributed by atoms with Crippen molar-refractivity contribution in [3.05, 3.63) is 48.3 Å². The molecule has 2 aliphatic rings. The molecule has 1 N–H and O–H groups in total. The lowest BCUT2D eigenvalue weighted by molar-refractivity contribution is -0.141. The van der Waals surface area contributed by atoms with Gasteiger partial charge in [0.25, 0.3) is 0 Å². The Bertz CT molecular complexity index is 775. The van der Waals surface area contributed by atoms with Crippen LogP contribution in [0.3, 0.4) is 0 Å². The van der Waals surface area contributed by atoms with Crippen molar-refractivity contribution < 1.29 is 14.6 Å².